The Morgan fingerprint density at radius 3 is 0.989 bits per heavy atom. The number of benzene rings is 3. The van der Waals surface area contributed by atoms with Gasteiger partial charge in [-0.05, 0) is 56.7 Å². The number of primary amides is 3. The number of rotatable bonds is 9. The zero-order valence-corrected chi connectivity index (χ0v) is 50.7. The van der Waals surface area contributed by atoms with E-state index in [1.165, 1.54) is 18.6 Å². The molecule has 90 heavy (non-hydrogen) atoms. The molecule has 6 fully saturated rings. The summed E-state index contributed by atoms with van der Waals surface area (Å²) >= 11 is 0. The number of aromatic nitrogens is 6. The number of para-hydroxylation sites is 3. The number of hydrogen-bond donors (Lipinski definition) is 9. The molecule has 6 unspecified atom stereocenters. The molecule has 15 rings (SSSR count). The molecule has 6 aliphatic rings. The Balaban J connectivity index is 0.000000124. The number of nitrogens with zero attached hydrogens (tertiary/aromatic N) is 9. The maximum absolute atomic E-state index is 13.1. The number of anilines is 3. The molecule has 3 aromatic carbocycles. The van der Waals surface area contributed by atoms with Crippen LogP contribution >= 0.6 is 0 Å². The van der Waals surface area contributed by atoms with Gasteiger partial charge in [0.05, 0.1) is 65.6 Å². The monoisotopic (exact) mass is 1220 g/mol. The average molecular weight is 1220 g/mol. The number of piperidine rings is 3. The molecule has 0 bridgehead atoms. The highest BCUT2D eigenvalue weighted by Gasteiger charge is 2.57. The van der Waals surface area contributed by atoms with Crippen LogP contribution in [-0.4, -0.2) is 195 Å². The molecule has 0 radical (unpaired) electrons. The van der Waals surface area contributed by atoms with E-state index in [1.807, 2.05) is 72.8 Å². The van der Waals surface area contributed by atoms with Crippen molar-refractivity contribution >= 4 is 118 Å². The van der Waals surface area contributed by atoms with Crippen molar-refractivity contribution in [1.29, 1.82) is 0 Å². The highest BCUT2D eigenvalue weighted by molar-refractivity contribution is 6.21. The molecule has 3 spiro atoms. The first-order valence-electron chi connectivity index (χ1n) is 30.8. The van der Waals surface area contributed by atoms with Crippen LogP contribution in [0, 0.1) is 34.0 Å². The fraction of sp³-hybridized carbons (Fsp3) is 0.409. The zero-order chi connectivity index (χ0) is 63.1. The van der Waals surface area contributed by atoms with E-state index in [2.05, 4.69) is 44.6 Å². The van der Waals surface area contributed by atoms with E-state index in [0.717, 1.165) is 124 Å². The van der Waals surface area contributed by atoms with E-state index in [1.54, 1.807) is 35.8 Å². The fourth-order valence-electron chi connectivity index (χ4n) is 16.2. The van der Waals surface area contributed by atoms with Gasteiger partial charge in [-0.15, -0.1) is 0 Å². The van der Waals surface area contributed by atoms with Crippen LogP contribution in [0.5, 0.6) is 0 Å². The quantitative estimate of drug-likeness (QED) is 0.0964. The molecule has 6 amide bonds. The predicted octanol–water partition coefficient (Wildman–Crippen LogP) is 4.45. The van der Waals surface area contributed by atoms with Crippen LogP contribution in [0.4, 0.5) is 17.5 Å². The molecule has 24 nitrogen and oxygen atoms in total. The first-order chi connectivity index (χ1) is 43.4. The van der Waals surface area contributed by atoms with Crippen molar-refractivity contribution in [1.82, 2.24) is 44.6 Å². The molecule has 12 heterocycles. The van der Waals surface area contributed by atoms with Gasteiger partial charge in [-0.1, -0.05) is 54.6 Å². The summed E-state index contributed by atoms with van der Waals surface area (Å²) in [5.74, 6) is 0.613. The number of aromatic amines is 3. The second-order valence-corrected chi connectivity index (χ2v) is 25.6. The molecular weight excluding hydrogens is 1150 g/mol. The lowest BCUT2D eigenvalue weighted by atomic mass is 9.71. The third-order valence-electron chi connectivity index (χ3n) is 20.6. The van der Waals surface area contributed by atoms with Crippen molar-refractivity contribution in [2.45, 2.75) is 38.5 Å². The van der Waals surface area contributed by atoms with Gasteiger partial charge in [0.25, 0.3) is 17.7 Å². The minimum Gasteiger partial charge on any atom is -0.396 e. The maximum Gasteiger partial charge on any atom is 0.252 e. The van der Waals surface area contributed by atoms with E-state index < -0.39 is 34.0 Å². The van der Waals surface area contributed by atoms with Crippen molar-refractivity contribution < 1.29 is 44.1 Å². The molecule has 6 aliphatic heterocycles. The first kappa shape index (κ1) is 59.6. The number of pyridine rings is 3. The summed E-state index contributed by atoms with van der Waals surface area (Å²) in [4.78, 5) is 111. The Bertz CT molecular complexity index is 3950. The van der Waals surface area contributed by atoms with Crippen LogP contribution < -0.4 is 31.9 Å². The van der Waals surface area contributed by atoms with Crippen molar-refractivity contribution in [3.8, 4) is 0 Å². The Morgan fingerprint density at radius 1 is 0.467 bits per heavy atom. The average Bonchev–Trinajstić information content (AvgIpc) is 1.61. The number of H-pyrrole nitrogens is 3. The molecule has 0 saturated carbocycles. The number of aliphatic hydroxyl groups excluding tert-OH is 3. The van der Waals surface area contributed by atoms with Crippen LogP contribution in [0.1, 0.15) is 69.6 Å². The number of carbonyl (C=O) groups excluding carboxylic acids is 6. The molecule has 6 saturated heterocycles. The van der Waals surface area contributed by atoms with Gasteiger partial charge in [0.1, 0.15) is 17.5 Å². The van der Waals surface area contributed by atoms with Gasteiger partial charge in [-0.2, -0.15) is 0 Å². The number of hydrogen-bond acceptors (Lipinski definition) is 15. The molecule has 0 aliphatic carbocycles. The highest BCUT2D eigenvalue weighted by Crippen LogP contribution is 2.50. The third-order valence-corrected chi connectivity index (χ3v) is 20.6. The summed E-state index contributed by atoms with van der Waals surface area (Å²) in [6.07, 6.45) is 9.32. The van der Waals surface area contributed by atoms with Crippen molar-refractivity contribution in [2.75, 3.05) is 115 Å². The molecular formula is C66H75N15O9. The number of aliphatic hydroxyl groups is 3. The molecule has 468 valence electrons. The van der Waals surface area contributed by atoms with Crippen molar-refractivity contribution in [2.24, 2.45) is 51.2 Å². The van der Waals surface area contributed by atoms with Crippen LogP contribution in [0.3, 0.4) is 0 Å². The number of carbonyl (C=O) groups is 6. The summed E-state index contributed by atoms with van der Waals surface area (Å²) < 4.78 is 0. The largest absolute Gasteiger partial charge is 0.396 e. The zero-order valence-electron chi connectivity index (χ0n) is 50.7. The summed E-state index contributed by atoms with van der Waals surface area (Å²) in [6, 6.07) is 23.5. The van der Waals surface area contributed by atoms with Crippen molar-refractivity contribution in [3.63, 3.8) is 0 Å². The fourth-order valence-corrected chi connectivity index (χ4v) is 16.2. The van der Waals surface area contributed by atoms with Gasteiger partial charge in [0.2, 0.25) is 17.7 Å². The maximum atomic E-state index is 13.1. The van der Waals surface area contributed by atoms with Gasteiger partial charge in [-0.3, -0.25) is 28.8 Å². The molecule has 6 atom stereocenters. The van der Waals surface area contributed by atoms with E-state index in [9.17, 15) is 44.1 Å². The Kier molecular flexibility index (Phi) is 15.1. The minimum absolute atomic E-state index is 0.0134. The van der Waals surface area contributed by atoms with Crippen LogP contribution in [-0.2, 0) is 14.4 Å². The number of nitrogens with one attached hydrogen (secondary N) is 3. The summed E-state index contributed by atoms with van der Waals surface area (Å²) in [5.41, 5.74) is 20.8. The minimum atomic E-state index is -0.607. The second-order valence-electron chi connectivity index (χ2n) is 25.6. The number of nitrogens with two attached hydrogens (primary N) is 3. The van der Waals surface area contributed by atoms with E-state index in [-0.39, 0.29) is 55.3 Å². The van der Waals surface area contributed by atoms with Gasteiger partial charge < -0.3 is 76.9 Å². The SMILES string of the molecule is CN1CC(CO)C2(CCCN(c3ncc(C(N)=O)c4[nH]c5ccccc5c34)C2)C1=O.CN1CC(CO)C2(CCCN(c3ncc(C(N)=O)c4[nH]c5ccccc5c34)C2)C1=O.CN1CC(CO)C2(CCCN(c3ncc(C(N)=O)c4[nH]c5ccccc5c34)C2)C1=O. The molecule has 6 aromatic heterocycles. The van der Waals surface area contributed by atoms with Gasteiger partial charge in [-0.25, -0.2) is 15.0 Å². The van der Waals surface area contributed by atoms with Gasteiger partial charge in [0.15, 0.2) is 0 Å². The predicted molar refractivity (Wildman–Crippen MR) is 343 cm³/mol. The summed E-state index contributed by atoms with van der Waals surface area (Å²) in [7, 11) is 5.41. The molecule has 24 heteroatoms. The Hall–Kier alpha value is -9.39. The third kappa shape index (κ3) is 9.39. The Labute approximate surface area is 517 Å². The van der Waals surface area contributed by atoms with Crippen molar-refractivity contribution in [3.05, 3.63) is 108 Å². The normalized spacial score (nSPS) is 24.5. The van der Waals surface area contributed by atoms with Gasteiger partial charge in [0, 0.05) is 169 Å². The summed E-state index contributed by atoms with van der Waals surface area (Å²) in [6.45, 7) is 5.44. The van der Waals surface area contributed by atoms with Crippen LogP contribution in [0.15, 0.2) is 91.4 Å². The highest BCUT2D eigenvalue weighted by atomic mass is 16.3. The summed E-state index contributed by atoms with van der Waals surface area (Å²) in [5, 5.41) is 35.4. The van der Waals surface area contributed by atoms with Gasteiger partial charge >= 0.3 is 0 Å². The lowest BCUT2D eigenvalue weighted by Crippen LogP contribution is -2.51. The number of amides is 6. The van der Waals surface area contributed by atoms with E-state index in [4.69, 9.17) is 17.2 Å². The number of likely N-dealkylation sites (tertiary alicyclic amines) is 3. The standard InChI is InChI=1S/3C22H25N5O3/c3*1-26-10-13(11-28)22(21(26)30)7-4-8-27(12-22)20-17-14-5-2-3-6-16(14)25-18(17)15(9-24-20)19(23)29/h3*2-3,5-6,9,13,25,28H,4,7-8,10-12H2,1H3,(H2,23,29). The smallest absolute Gasteiger partial charge is 0.252 e. The lowest BCUT2D eigenvalue weighted by molar-refractivity contribution is -0.137. The topological polar surface area (TPSA) is 347 Å². The number of fused-ring (bicyclic) bond motifs is 9. The van der Waals surface area contributed by atoms with E-state index >= 15 is 0 Å². The van der Waals surface area contributed by atoms with Crippen LogP contribution in [0.25, 0.3) is 65.4 Å². The second kappa shape index (κ2) is 22.9. The first-order valence-corrected chi connectivity index (χ1v) is 30.8. The lowest BCUT2D eigenvalue weighted by Gasteiger charge is -2.42. The van der Waals surface area contributed by atoms with E-state index in [0.29, 0.717) is 72.5 Å². The van der Waals surface area contributed by atoms with Crippen LogP contribution in [0.2, 0.25) is 0 Å². The Morgan fingerprint density at radius 2 is 0.733 bits per heavy atom. The molecule has 12 N–H and O–H groups in total. The molecule has 9 aromatic rings.